The van der Waals surface area contributed by atoms with Crippen molar-refractivity contribution in [3.63, 3.8) is 0 Å². The minimum Gasteiger partial charge on any atom is -0.325 e. The van der Waals surface area contributed by atoms with Gasteiger partial charge in [-0.25, -0.2) is 9.37 Å². The van der Waals surface area contributed by atoms with Crippen molar-refractivity contribution in [2.45, 2.75) is 26.4 Å². The summed E-state index contributed by atoms with van der Waals surface area (Å²) in [6, 6.07) is 8.12. The van der Waals surface area contributed by atoms with Crippen LogP contribution in [0.4, 0.5) is 10.2 Å². The van der Waals surface area contributed by atoms with E-state index >= 15 is 0 Å². The molecule has 0 unspecified atom stereocenters. The van der Waals surface area contributed by atoms with E-state index in [4.69, 9.17) is 11.6 Å². The van der Waals surface area contributed by atoms with E-state index in [1.54, 1.807) is 6.92 Å². The van der Waals surface area contributed by atoms with E-state index in [1.807, 2.05) is 31.2 Å². The fourth-order valence-corrected chi connectivity index (χ4v) is 2.92. The maximum atomic E-state index is 14.1. The number of amides is 2. The van der Waals surface area contributed by atoms with Gasteiger partial charge >= 0.3 is 0 Å². The van der Waals surface area contributed by atoms with Crippen molar-refractivity contribution in [2.75, 3.05) is 11.4 Å². The summed E-state index contributed by atoms with van der Waals surface area (Å²) in [7, 11) is 0. The molecule has 1 aromatic heterocycles. The molecule has 0 radical (unpaired) electrons. The van der Waals surface area contributed by atoms with Gasteiger partial charge in [-0.1, -0.05) is 41.4 Å². The van der Waals surface area contributed by atoms with Crippen molar-refractivity contribution in [3.05, 3.63) is 58.5 Å². The fraction of sp³-hybridized carbons (Fsp3) is 0.278. The number of carbonyl (C=O) groups excluding carboxylic acids is 2. The largest absolute Gasteiger partial charge is 0.325 e. The Hall–Kier alpha value is -2.47. The van der Waals surface area contributed by atoms with Crippen molar-refractivity contribution in [2.24, 2.45) is 0 Å². The molecule has 0 N–H and O–H groups in total. The van der Waals surface area contributed by atoms with Gasteiger partial charge in [-0.2, -0.15) is 0 Å². The van der Waals surface area contributed by atoms with Gasteiger partial charge in [0, 0.05) is 12.7 Å². The zero-order chi connectivity index (χ0) is 18.1. The maximum Gasteiger partial charge on any atom is 0.251 e. The zero-order valence-corrected chi connectivity index (χ0v) is 14.6. The highest BCUT2D eigenvalue weighted by atomic mass is 35.5. The van der Waals surface area contributed by atoms with Crippen LogP contribution in [0.2, 0.25) is 5.02 Å². The van der Waals surface area contributed by atoms with Crippen LogP contribution in [-0.2, 0) is 16.1 Å². The number of nitrogens with zero attached hydrogens (tertiary/aromatic N) is 3. The van der Waals surface area contributed by atoms with E-state index in [0.717, 1.165) is 22.1 Å². The second kappa shape index (κ2) is 6.80. The van der Waals surface area contributed by atoms with Crippen LogP contribution < -0.4 is 4.90 Å². The first-order valence-electron chi connectivity index (χ1n) is 7.84. The molecular formula is C18H17ClFN3O2. The molecular weight excluding hydrogens is 345 g/mol. The first-order valence-corrected chi connectivity index (χ1v) is 8.22. The fourth-order valence-electron chi connectivity index (χ4n) is 2.78. The lowest BCUT2D eigenvalue weighted by atomic mass is 10.1. The molecule has 130 valence electrons. The summed E-state index contributed by atoms with van der Waals surface area (Å²) in [5, 5.41) is 0.131. The van der Waals surface area contributed by atoms with E-state index in [0.29, 0.717) is 6.54 Å². The van der Waals surface area contributed by atoms with Crippen molar-refractivity contribution in [1.82, 2.24) is 9.88 Å². The molecule has 0 aliphatic carbocycles. The number of halogens is 2. The quantitative estimate of drug-likeness (QED) is 0.844. The number of anilines is 1. The number of aromatic nitrogens is 1. The van der Waals surface area contributed by atoms with Gasteiger partial charge in [0.1, 0.15) is 12.6 Å². The molecule has 1 atom stereocenters. The molecule has 5 nitrogen and oxygen atoms in total. The van der Waals surface area contributed by atoms with Crippen LogP contribution in [-0.4, -0.2) is 34.3 Å². The van der Waals surface area contributed by atoms with E-state index in [2.05, 4.69) is 4.98 Å². The Morgan fingerprint density at radius 1 is 1.28 bits per heavy atom. The molecule has 1 fully saturated rings. The van der Waals surface area contributed by atoms with Crippen molar-refractivity contribution in [3.8, 4) is 0 Å². The number of hydrogen-bond donors (Lipinski definition) is 0. The molecule has 1 saturated heterocycles. The van der Waals surface area contributed by atoms with Crippen LogP contribution in [0.25, 0.3) is 0 Å². The van der Waals surface area contributed by atoms with Gasteiger partial charge in [-0.3, -0.25) is 14.5 Å². The standard InChI is InChI=1S/C18H17ClFN3O2/c1-11-3-5-13(6-4-11)9-22-12(2)18(25)23(10-16(22)24)17-15(20)7-14(19)8-21-17/h3-8,12H,9-10H2,1-2H3/t12-/m0/s1. The molecule has 0 saturated carbocycles. The number of hydrogen-bond acceptors (Lipinski definition) is 3. The molecule has 25 heavy (non-hydrogen) atoms. The van der Waals surface area contributed by atoms with E-state index in [1.165, 1.54) is 11.1 Å². The van der Waals surface area contributed by atoms with Crippen LogP contribution in [0.1, 0.15) is 18.1 Å². The SMILES string of the molecule is Cc1ccc(CN2C(=O)CN(c3ncc(Cl)cc3F)C(=O)[C@@H]2C)cc1. The minimum atomic E-state index is -0.729. The highest BCUT2D eigenvalue weighted by molar-refractivity contribution is 6.30. The molecule has 7 heteroatoms. The Morgan fingerprint density at radius 2 is 1.96 bits per heavy atom. The summed E-state index contributed by atoms with van der Waals surface area (Å²) in [6.45, 7) is 3.69. The monoisotopic (exact) mass is 361 g/mol. The van der Waals surface area contributed by atoms with Gasteiger partial charge in [0.05, 0.1) is 5.02 Å². The number of rotatable bonds is 3. The van der Waals surface area contributed by atoms with Crippen molar-refractivity contribution in [1.29, 1.82) is 0 Å². The molecule has 1 aliphatic heterocycles. The Bertz CT molecular complexity index is 826. The lowest BCUT2D eigenvalue weighted by Gasteiger charge is -2.38. The normalized spacial score (nSPS) is 18.0. The molecule has 2 aromatic rings. The summed E-state index contributed by atoms with van der Waals surface area (Å²) in [5.74, 6) is -1.54. The summed E-state index contributed by atoms with van der Waals surface area (Å²) in [5.41, 5.74) is 2.05. The van der Waals surface area contributed by atoms with Crippen molar-refractivity contribution >= 4 is 29.2 Å². The third kappa shape index (κ3) is 3.49. The lowest BCUT2D eigenvalue weighted by molar-refractivity contribution is -0.143. The van der Waals surface area contributed by atoms with Gasteiger partial charge in [-0.05, 0) is 25.5 Å². The number of carbonyl (C=O) groups is 2. The molecule has 0 spiro atoms. The van der Waals surface area contributed by atoms with Crippen LogP contribution in [0.5, 0.6) is 0 Å². The zero-order valence-electron chi connectivity index (χ0n) is 13.9. The van der Waals surface area contributed by atoms with Gasteiger partial charge in [0.15, 0.2) is 11.6 Å². The third-order valence-corrected chi connectivity index (χ3v) is 4.43. The molecule has 0 bridgehead atoms. The van der Waals surface area contributed by atoms with Crippen LogP contribution in [0.3, 0.4) is 0 Å². The summed E-state index contributed by atoms with van der Waals surface area (Å²) >= 11 is 5.69. The Kier molecular flexibility index (Phi) is 4.72. The van der Waals surface area contributed by atoms with Crippen molar-refractivity contribution < 1.29 is 14.0 Å². The number of piperazine rings is 1. The average molecular weight is 362 g/mol. The lowest BCUT2D eigenvalue weighted by Crippen LogP contribution is -2.59. The second-order valence-electron chi connectivity index (χ2n) is 6.07. The van der Waals surface area contributed by atoms with E-state index < -0.39 is 11.9 Å². The van der Waals surface area contributed by atoms with Crippen LogP contribution in [0.15, 0.2) is 36.5 Å². The number of pyridine rings is 1. The highest BCUT2D eigenvalue weighted by Gasteiger charge is 2.38. The smallest absolute Gasteiger partial charge is 0.251 e. The minimum absolute atomic E-state index is 0.131. The van der Waals surface area contributed by atoms with E-state index in [-0.39, 0.29) is 29.2 Å². The Morgan fingerprint density at radius 3 is 2.60 bits per heavy atom. The van der Waals surface area contributed by atoms with Gasteiger partial charge in [0.2, 0.25) is 5.91 Å². The predicted molar refractivity (Wildman–Crippen MR) is 92.7 cm³/mol. The number of aryl methyl sites for hydroxylation is 1. The van der Waals surface area contributed by atoms with Crippen LogP contribution in [0, 0.1) is 12.7 Å². The molecule has 1 aliphatic rings. The molecule has 3 rings (SSSR count). The van der Waals surface area contributed by atoms with Gasteiger partial charge < -0.3 is 4.90 Å². The van der Waals surface area contributed by atoms with Gasteiger partial charge in [0.25, 0.3) is 5.91 Å². The number of benzene rings is 1. The summed E-state index contributed by atoms with van der Waals surface area (Å²) < 4.78 is 14.1. The first kappa shape index (κ1) is 17.4. The summed E-state index contributed by atoms with van der Waals surface area (Å²) in [4.78, 5) is 31.6. The third-order valence-electron chi connectivity index (χ3n) is 4.22. The average Bonchev–Trinajstić information content (AvgIpc) is 2.57. The molecule has 1 aromatic carbocycles. The second-order valence-corrected chi connectivity index (χ2v) is 6.50. The predicted octanol–water partition coefficient (Wildman–Crippen LogP) is 2.95. The Balaban J connectivity index is 1.82. The summed E-state index contributed by atoms with van der Waals surface area (Å²) in [6.07, 6.45) is 1.25. The Labute approximate surface area is 150 Å². The highest BCUT2D eigenvalue weighted by Crippen LogP contribution is 2.25. The van der Waals surface area contributed by atoms with Gasteiger partial charge in [-0.15, -0.1) is 0 Å². The first-order chi connectivity index (χ1) is 11.9. The van der Waals surface area contributed by atoms with E-state index in [9.17, 15) is 14.0 Å². The topological polar surface area (TPSA) is 53.5 Å². The van der Waals surface area contributed by atoms with Crippen LogP contribution >= 0.6 is 11.6 Å². The maximum absolute atomic E-state index is 14.1. The molecule has 2 amide bonds. The molecule has 2 heterocycles.